The molecule has 0 fully saturated rings. The largest absolute Gasteiger partial charge is 0.480 e. The minimum Gasteiger partial charge on any atom is -0.480 e. The van der Waals surface area contributed by atoms with Gasteiger partial charge in [0.1, 0.15) is 6.04 Å². The van der Waals surface area contributed by atoms with Crippen LogP contribution in [-0.4, -0.2) is 23.7 Å². The number of hydrogen-bond acceptors (Lipinski definition) is 2. The van der Waals surface area contributed by atoms with Gasteiger partial charge in [-0.3, -0.25) is 4.79 Å². The summed E-state index contributed by atoms with van der Waals surface area (Å²) in [4.78, 5) is 10.8. The third kappa shape index (κ3) is 3.18. The molecule has 0 saturated heterocycles. The first-order valence-electron chi connectivity index (χ1n) is 4.74. The quantitative estimate of drug-likeness (QED) is 0.741. The molecule has 76 valence electrons. The minimum absolute atomic E-state index is 0.484. The molecule has 1 aromatic carbocycles. The Hall–Kier alpha value is -1.35. The molecule has 2 N–H and O–H groups in total. The van der Waals surface area contributed by atoms with Crippen molar-refractivity contribution in [2.45, 2.75) is 19.4 Å². The number of rotatable bonds is 5. The fraction of sp³-hybridized carbons (Fsp3) is 0.364. The molecule has 0 unspecified atom stereocenters. The summed E-state index contributed by atoms with van der Waals surface area (Å²) in [5, 5.41) is 11.8. The third-order valence-corrected chi connectivity index (χ3v) is 2.03. The van der Waals surface area contributed by atoms with Gasteiger partial charge in [0, 0.05) is 0 Å². The summed E-state index contributed by atoms with van der Waals surface area (Å²) >= 11 is 0. The zero-order valence-corrected chi connectivity index (χ0v) is 8.23. The molecule has 0 saturated carbocycles. The average molecular weight is 193 g/mol. The Balaban J connectivity index is 2.60. The molecule has 0 aliphatic carbocycles. The summed E-state index contributed by atoms with van der Waals surface area (Å²) < 4.78 is 0. The van der Waals surface area contributed by atoms with Crippen LogP contribution in [0.5, 0.6) is 0 Å². The second kappa shape index (κ2) is 5.40. The lowest BCUT2D eigenvalue weighted by molar-refractivity contribution is -0.139. The van der Waals surface area contributed by atoms with Crippen LogP contribution in [0.25, 0.3) is 0 Å². The van der Waals surface area contributed by atoms with E-state index in [9.17, 15) is 4.79 Å². The van der Waals surface area contributed by atoms with Crippen molar-refractivity contribution in [3.05, 3.63) is 35.9 Å². The molecule has 0 bridgehead atoms. The number of benzene rings is 1. The number of nitrogens with one attached hydrogen (secondary N) is 1. The first kappa shape index (κ1) is 10.7. The van der Waals surface area contributed by atoms with E-state index in [4.69, 9.17) is 5.11 Å². The molecule has 1 aromatic rings. The van der Waals surface area contributed by atoms with Crippen molar-refractivity contribution in [3.63, 3.8) is 0 Å². The molecule has 0 aromatic heterocycles. The van der Waals surface area contributed by atoms with E-state index in [0.717, 1.165) is 5.56 Å². The van der Waals surface area contributed by atoms with E-state index in [1.54, 1.807) is 0 Å². The maximum Gasteiger partial charge on any atom is 0.321 e. The van der Waals surface area contributed by atoms with Gasteiger partial charge in [-0.15, -0.1) is 0 Å². The topological polar surface area (TPSA) is 49.3 Å². The van der Waals surface area contributed by atoms with Gasteiger partial charge in [-0.1, -0.05) is 37.3 Å². The molecule has 1 rings (SSSR count). The molecule has 14 heavy (non-hydrogen) atoms. The maximum atomic E-state index is 10.8. The lowest BCUT2D eigenvalue weighted by atomic mass is 10.1. The van der Waals surface area contributed by atoms with Gasteiger partial charge in [0.2, 0.25) is 0 Å². The average Bonchev–Trinajstić information content (AvgIpc) is 2.18. The number of hydrogen-bond donors (Lipinski definition) is 2. The van der Waals surface area contributed by atoms with Crippen LogP contribution in [0, 0.1) is 0 Å². The molecule has 0 aliphatic heterocycles. The third-order valence-electron chi connectivity index (χ3n) is 2.03. The van der Waals surface area contributed by atoms with Crippen molar-refractivity contribution in [3.8, 4) is 0 Å². The predicted octanol–water partition coefficient (Wildman–Crippen LogP) is 1.29. The first-order valence-corrected chi connectivity index (χ1v) is 4.74. The van der Waals surface area contributed by atoms with Crippen LogP contribution in [0.4, 0.5) is 0 Å². The summed E-state index contributed by atoms with van der Waals surface area (Å²) in [6, 6.07) is 9.15. The van der Waals surface area contributed by atoms with Crippen molar-refractivity contribution in [1.29, 1.82) is 0 Å². The Morgan fingerprint density at radius 2 is 2.07 bits per heavy atom. The van der Waals surface area contributed by atoms with Crippen LogP contribution in [0.15, 0.2) is 30.3 Å². The van der Waals surface area contributed by atoms with Crippen LogP contribution < -0.4 is 5.32 Å². The number of carbonyl (C=O) groups is 1. The maximum absolute atomic E-state index is 10.8. The zero-order valence-electron chi connectivity index (χ0n) is 8.23. The van der Waals surface area contributed by atoms with Gasteiger partial charge in [-0.25, -0.2) is 0 Å². The highest BCUT2D eigenvalue weighted by Gasteiger charge is 2.15. The van der Waals surface area contributed by atoms with E-state index >= 15 is 0 Å². The summed E-state index contributed by atoms with van der Waals surface area (Å²) in [6.45, 7) is 2.57. The van der Waals surface area contributed by atoms with Gasteiger partial charge in [-0.2, -0.15) is 0 Å². The summed E-state index contributed by atoms with van der Waals surface area (Å²) in [5.74, 6) is -0.796. The van der Waals surface area contributed by atoms with Crippen molar-refractivity contribution in [1.82, 2.24) is 5.32 Å². The zero-order chi connectivity index (χ0) is 10.4. The van der Waals surface area contributed by atoms with Crippen LogP contribution in [-0.2, 0) is 11.2 Å². The molecule has 3 nitrogen and oxygen atoms in total. The van der Waals surface area contributed by atoms with Gasteiger partial charge < -0.3 is 10.4 Å². The number of likely N-dealkylation sites (N-methyl/N-ethyl adjacent to an activating group) is 1. The lowest BCUT2D eigenvalue weighted by Crippen LogP contribution is -2.38. The Kier molecular flexibility index (Phi) is 4.13. The van der Waals surface area contributed by atoms with Crippen LogP contribution >= 0.6 is 0 Å². The summed E-state index contributed by atoms with van der Waals surface area (Å²) in [5.41, 5.74) is 1.04. The standard InChI is InChI=1S/C11H15NO2/c1-2-12-10(11(13)14)8-9-6-4-3-5-7-9/h3-7,10,12H,2,8H2,1H3,(H,13,14)/t10-/m0/s1. The molecular formula is C11H15NO2. The Morgan fingerprint density at radius 1 is 1.43 bits per heavy atom. The highest BCUT2D eigenvalue weighted by atomic mass is 16.4. The van der Waals surface area contributed by atoms with Crippen molar-refractivity contribution in [2.75, 3.05) is 6.54 Å². The smallest absolute Gasteiger partial charge is 0.321 e. The Bertz CT molecular complexity index is 285. The van der Waals surface area contributed by atoms with Gasteiger partial charge in [0.05, 0.1) is 0 Å². The monoisotopic (exact) mass is 193 g/mol. The number of aliphatic carboxylic acids is 1. The highest BCUT2D eigenvalue weighted by molar-refractivity contribution is 5.73. The van der Waals surface area contributed by atoms with E-state index in [0.29, 0.717) is 13.0 Å². The SMILES string of the molecule is CCN[C@@H](Cc1ccccc1)C(=O)O. The molecule has 0 heterocycles. The lowest BCUT2D eigenvalue weighted by Gasteiger charge is -2.12. The van der Waals surface area contributed by atoms with E-state index in [2.05, 4.69) is 5.32 Å². The Labute approximate surface area is 83.8 Å². The van der Waals surface area contributed by atoms with Crippen molar-refractivity contribution in [2.24, 2.45) is 0 Å². The van der Waals surface area contributed by atoms with Gasteiger partial charge in [0.25, 0.3) is 0 Å². The molecule has 3 heteroatoms. The molecular weight excluding hydrogens is 178 g/mol. The minimum atomic E-state index is -0.796. The Morgan fingerprint density at radius 3 is 2.57 bits per heavy atom. The molecule has 0 spiro atoms. The van der Waals surface area contributed by atoms with E-state index < -0.39 is 12.0 Å². The van der Waals surface area contributed by atoms with E-state index in [-0.39, 0.29) is 0 Å². The number of carboxylic acid groups (broad SMARTS) is 1. The fourth-order valence-electron chi connectivity index (χ4n) is 1.34. The molecule has 0 aliphatic rings. The fourth-order valence-corrected chi connectivity index (χ4v) is 1.34. The normalized spacial score (nSPS) is 12.4. The van der Waals surface area contributed by atoms with Crippen molar-refractivity contribution >= 4 is 5.97 Å². The van der Waals surface area contributed by atoms with Crippen LogP contribution in [0.3, 0.4) is 0 Å². The van der Waals surface area contributed by atoms with E-state index in [1.165, 1.54) is 0 Å². The first-order chi connectivity index (χ1) is 6.74. The second-order valence-corrected chi connectivity index (χ2v) is 3.14. The van der Waals surface area contributed by atoms with Gasteiger partial charge in [0.15, 0.2) is 0 Å². The molecule has 0 radical (unpaired) electrons. The van der Waals surface area contributed by atoms with E-state index in [1.807, 2.05) is 37.3 Å². The number of carboxylic acids is 1. The summed E-state index contributed by atoms with van der Waals surface area (Å²) in [7, 11) is 0. The van der Waals surface area contributed by atoms with Crippen molar-refractivity contribution < 1.29 is 9.90 Å². The molecule has 0 amide bonds. The van der Waals surface area contributed by atoms with Gasteiger partial charge >= 0.3 is 5.97 Å². The predicted molar refractivity (Wildman–Crippen MR) is 55.2 cm³/mol. The second-order valence-electron chi connectivity index (χ2n) is 3.14. The van der Waals surface area contributed by atoms with Gasteiger partial charge in [-0.05, 0) is 18.5 Å². The summed E-state index contributed by atoms with van der Waals surface area (Å²) in [6.07, 6.45) is 0.532. The molecule has 1 atom stereocenters. The van der Waals surface area contributed by atoms with Crippen LogP contribution in [0.1, 0.15) is 12.5 Å². The highest BCUT2D eigenvalue weighted by Crippen LogP contribution is 2.03. The van der Waals surface area contributed by atoms with Crippen LogP contribution in [0.2, 0.25) is 0 Å².